The summed E-state index contributed by atoms with van der Waals surface area (Å²) in [5, 5.41) is 0. The molecule has 0 bridgehead atoms. The van der Waals surface area contributed by atoms with Crippen LogP contribution in [0, 0.1) is 11.8 Å². The van der Waals surface area contributed by atoms with Crippen LogP contribution in [0.5, 0.6) is 0 Å². The number of hydrogen-bond acceptors (Lipinski definition) is 3. The van der Waals surface area contributed by atoms with Gasteiger partial charge < -0.3 is 4.74 Å². The minimum absolute atomic E-state index is 0.0391. The second kappa shape index (κ2) is 5.92. The highest BCUT2D eigenvalue weighted by Crippen LogP contribution is 2.42. The molecule has 2 aromatic rings. The highest BCUT2D eigenvalue weighted by Gasteiger charge is 2.49. The molecule has 0 saturated heterocycles. The minimum atomic E-state index is -0.276. The van der Waals surface area contributed by atoms with Crippen molar-refractivity contribution in [1.29, 1.82) is 0 Å². The molecule has 0 spiro atoms. The Morgan fingerprint density at radius 3 is 2.19 bits per heavy atom. The van der Waals surface area contributed by atoms with Crippen molar-refractivity contribution in [2.75, 3.05) is 0 Å². The number of ether oxygens (including phenoxy) is 1. The molecule has 1 saturated carbocycles. The molecular weight excluding hydrogens is 264 g/mol. The van der Waals surface area contributed by atoms with Gasteiger partial charge in [0.05, 0.1) is 5.92 Å². The second-order valence-corrected chi connectivity index (χ2v) is 5.27. The molecule has 1 aliphatic rings. The van der Waals surface area contributed by atoms with Gasteiger partial charge in [0.2, 0.25) is 0 Å². The Balaban J connectivity index is 1.53. The summed E-state index contributed by atoms with van der Waals surface area (Å²) in [5.41, 5.74) is 1.62. The van der Waals surface area contributed by atoms with Gasteiger partial charge in [-0.1, -0.05) is 60.7 Å². The molecule has 0 aliphatic heterocycles. The lowest BCUT2D eigenvalue weighted by atomic mass is 10.1. The summed E-state index contributed by atoms with van der Waals surface area (Å²) < 4.78 is 5.28. The van der Waals surface area contributed by atoms with E-state index in [-0.39, 0.29) is 30.2 Å². The van der Waals surface area contributed by atoms with E-state index < -0.39 is 0 Å². The Kier molecular flexibility index (Phi) is 3.82. The first-order valence-corrected chi connectivity index (χ1v) is 7.05. The number of rotatable bonds is 5. The van der Waals surface area contributed by atoms with Crippen molar-refractivity contribution in [2.45, 2.75) is 13.0 Å². The van der Waals surface area contributed by atoms with Gasteiger partial charge in [-0.3, -0.25) is 9.59 Å². The summed E-state index contributed by atoms with van der Waals surface area (Å²) in [5.74, 6) is -0.720. The molecule has 1 aliphatic carbocycles. The average molecular weight is 280 g/mol. The maximum absolute atomic E-state index is 12.2. The number of esters is 1. The largest absolute Gasteiger partial charge is 0.461 e. The lowest BCUT2D eigenvalue weighted by Gasteiger charge is -2.04. The van der Waals surface area contributed by atoms with E-state index in [9.17, 15) is 9.59 Å². The summed E-state index contributed by atoms with van der Waals surface area (Å²) in [6.07, 6.45) is 0.599. The molecule has 106 valence electrons. The Labute approximate surface area is 123 Å². The van der Waals surface area contributed by atoms with Crippen molar-refractivity contribution in [3.63, 3.8) is 0 Å². The SMILES string of the molecule is O=C(OCc1ccccc1)[C@@H]1C[C@H]1C(=O)c1ccccc1. The fourth-order valence-electron chi connectivity index (χ4n) is 2.40. The summed E-state index contributed by atoms with van der Waals surface area (Å²) in [7, 11) is 0. The van der Waals surface area contributed by atoms with Crippen molar-refractivity contribution < 1.29 is 14.3 Å². The van der Waals surface area contributed by atoms with Gasteiger partial charge in [0.25, 0.3) is 0 Å². The standard InChI is InChI=1S/C18H16O3/c19-17(14-9-5-2-6-10-14)15-11-16(15)18(20)21-12-13-7-3-1-4-8-13/h1-10,15-16H,11-12H2/t15-,16-/m1/s1. The molecule has 0 heterocycles. The zero-order valence-electron chi connectivity index (χ0n) is 11.6. The van der Waals surface area contributed by atoms with Gasteiger partial charge in [0.1, 0.15) is 6.61 Å². The smallest absolute Gasteiger partial charge is 0.310 e. The molecule has 0 aromatic heterocycles. The van der Waals surface area contributed by atoms with Gasteiger partial charge in [0, 0.05) is 11.5 Å². The normalized spacial score (nSPS) is 19.8. The first-order chi connectivity index (χ1) is 10.3. The third-order valence-corrected chi connectivity index (χ3v) is 3.71. The van der Waals surface area contributed by atoms with Gasteiger partial charge >= 0.3 is 5.97 Å². The predicted octanol–water partition coefficient (Wildman–Crippen LogP) is 3.25. The molecule has 21 heavy (non-hydrogen) atoms. The Bertz CT molecular complexity index is 634. The highest BCUT2D eigenvalue weighted by atomic mass is 16.5. The average Bonchev–Trinajstić information content (AvgIpc) is 3.34. The molecule has 0 amide bonds. The third-order valence-electron chi connectivity index (χ3n) is 3.71. The first kappa shape index (κ1) is 13.6. The molecular formula is C18H16O3. The predicted molar refractivity (Wildman–Crippen MR) is 78.6 cm³/mol. The molecule has 0 radical (unpaired) electrons. The summed E-state index contributed by atoms with van der Waals surface area (Å²) in [6.45, 7) is 0.266. The minimum Gasteiger partial charge on any atom is -0.461 e. The van der Waals surface area contributed by atoms with Crippen LogP contribution < -0.4 is 0 Å². The van der Waals surface area contributed by atoms with E-state index in [0.29, 0.717) is 12.0 Å². The number of carbonyl (C=O) groups excluding carboxylic acids is 2. The number of carbonyl (C=O) groups is 2. The second-order valence-electron chi connectivity index (χ2n) is 5.27. The van der Waals surface area contributed by atoms with Gasteiger partial charge in [-0.15, -0.1) is 0 Å². The first-order valence-electron chi connectivity index (χ1n) is 7.05. The Hall–Kier alpha value is -2.42. The van der Waals surface area contributed by atoms with Gasteiger partial charge in [-0.25, -0.2) is 0 Å². The van der Waals surface area contributed by atoms with E-state index in [4.69, 9.17) is 4.74 Å². The molecule has 2 atom stereocenters. The van der Waals surface area contributed by atoms with Crippen molar-refractivity contribution >= 4 is 11.8 Å². The molecule has 3 heteroatoms. The zero-order valence-corrected chi connectivity index (χ0v) is 11.6. The summed E-state index contributed by atoms with van der Waals surface area (Å²) >= 11 is 0. The summed E-state index contributed by atoms with van der Waals surface area (Å²) in [4.78, 5) is 24.1. The van der Waals surface area contributed by atoms with E-state index in [1.807, 2.05) is 48.5 Å². The molecule has 0 N–H and O–H groups in total. The van der Waals surface area contributed by atoms with Crippen molar-refractivity contribution in [2.24, 2.45) is 11.8 Å². The highest BCUT2D eigenvalue weighted by molar-refractivity contribution is 6.02. The van der Waals surface area contributed by atoms with E-state index in [2.05, 4.69) is 0 Å². The molecule has 0 unspecified atom stereocenters. The van der Waals surface area contributed by atoms with Crippen LogP contribution in [0.25, 0.3) is 0 Å². The van der Waals surface area contributed by atoms with E-state index in [0.717, 1.165) is 5.56 Å². The van der Waals surface area contributed by atoms with E-state index in [1.165, 1.54) is 0 Å². The van der Waals surface area contributed by atoms with Crippen LogP contribution in [-0.2, 0) is 16.1 Å². The van der Waals surface area contributed by atoms with Crippen molar-refractivity contribution in [1.82, 2.24) is 0 Å². The maximum atomic E-state index is 12.2. The van der Waals surface area contributed by atoms with Crippen LogP contribution in [0.2, 0.25) is 0 Å². The van der Waals surface area contributed by atoms with Crippen LogP contribution in [-0.4, -0.2) is 11.8 Å². The lowest BCUT2D eigenvalue weighted by Crippen LogP contribution is -2.12. The Morgan fingerprint density at radius 2 is 1.52 bits per heavy atom. The summed E-state index contributed by atoms with van der Waals surface area (Å²) in [6, 6.07) is 18.6. The van der Waals surface area contributed by atoms with Crippen molar-refractivity contribution in [3.05, 3.63) is 71.8 Å². The molecule has 3 nitrogen and oxygen atoms in total. The van der Waals surface area contributed by atoms with Crippen LogP contribution >= 0.6 is 0 Å². The molecule has 2 aromatic carbocycles. The number of Topliss-reactive ketones (excluding diaryl/α,β-unsaturated/α-hetero) is 1. The number of benzene rings is 2. The maximum Gasteiger partial charge on any atom is 0.310 e. The fraction of sp³-hybridized carbons (Fsp3) is 0.222. The lowest BCUT2D eigenvalue weighted by molar-refractivity contribution is -0.146. The van der Waals surface area contributed by atoms with Crippen molar-refractivity contribution in [3.8, 4) is 0 Å². The third kappa shape index (κ3) is 3.19. The number of ketones is 1. The van der Waals surface area contributed by atoms with Crippen LogP contribution in [0.15, 0.2) is 60.7 Å². The van der Waals surface area contributed by atoms with Crippen LogP contribution in [0.3, 0.4) is 0 Å². The topological polar surface area (TPSA) is 43.4 Å². The monoisotopic (exact) mass is 280 g/mol. The molecule has 1 fully saturated rings. The van der Waals surface area contributed by atoms with E-state index in [1.54, 1.807) is 12.1 Å². The van der Waals surface area contributed by atoms with Gasteiger partial charge in [0.15, 0.2) is 5.78 Å². The molecule has 3 rings (SSSR count). The fourth-order valence-corrected chi connectivity index (χ4v) is 2.40. The number of hydrogen-bond donors (Lipinski definition) is 0. The van der Waals surface area contributed by atoms with Gasteiger partial charge in [-0.05, 0) is 12.0 Å². The van der Waals surface area contributed by atoms with E-state index >= 15 is 0 Å². The van der Waals surface area contributed by atoms with Crippen LogP contribution in [0.1, 0.15) is 22.3 Å². The van der Waals surface area contributed by atoms with Crippen LogP contribution in [0.4, 0.5) is 0 Å². The Morgan fingerprint density at radius 1 is 0.905 bits per heavy atom. The quantitative estimate of drug-likeness (QED) is 0.623. The zero-order chi connectivity index (χ0) is 14.7. The van der Waals surface area contributed by atoms with Gasteiger partial charge in [-0.2, -0.15) is 0 Å².